The van der Waals surface area contributed by atoms with Crippen molar-refractivity contribution in [1.29, 1.82) is 0 Å². The van der Waals surface area contributed by atoms with E-state index in [2.05, 4.69) is 17.6 Å². The highest BCUT2D eigenvalue weighted by molar-refractivity contribution is 14.0. The Morgan fingerprint density at radius 2 is 1.85 bits per heavy atom. The molecule has 0 aromatic heterocycles. The lowest BCUT2D eigenvalue weighted by atomic mass is 9.96. The summed E-state index contributed by atoms with van der Waals surface area (Å²) in [6, 6.07) is 4.01. The fourth-order valence-corrected chi connectivity index (χ4v) is 3.68. The van der Waals surface area contributed by atoms with Crippen LogP contribution in [0.3, 0.4) is 0 Å². The van der Waals surface area contributed by atoms with Gasteiger partial charge in [0.1, 0.15) is 17.2 Å². The summed E-state index contributed by atoms with van der Waals surface area (Å²) >= 11 is 0. The topological polar surface area (TPSA) is 73.3 Å². The average Bonchev–Trinajstić information content (AvgIpc) is 3.28. The third-order valence-corrected chi connectivity index (χ3v) is 4.98. The van der Waals surface area contributed by atoms with Gasteiger partial charge in [-0.3, -0.25) is 0 Å². The molecule has 0 amide bonds. The number of ether oxygens (including phenoxy) is 4. The Morgan fingerprint density at radius 3 is 2.33 bits per heavy atom. The Hall–Kier alpha value is -1.42. The molecule has 2 aliphatic heterocycles. The zero-order chi connectivity index (χ0) is 18.5. The molecule has 2 fully saturated rings. The molecule has 2 N–H and O–H groups in total. The molecule has 2 aliphatic rings. The molecule has 27 heavy (non-hydrogen) atoms. The minimum atomic E-state index is 0. The molecule has 0 spiro atoms. The van der Waals surface area contributed by atoms with E-state index < -0.39 is 0 Å². The normalized spacial score (nSPS) is 23.6. The number of nitrogens with one attached hydrogen (secondary N) is 2. The molecular weight excluding hydrogens is 461 g/mol. The van der Waals surface area contributed by atoms with Crippen LogP contribution in [0.1, 0.15) is 31.7 Å². The summed E-state index contributed by atoms with van der Waals surface area (Å²) in [7, 11) is 4.89. The van der Waals surface area contributed by atoms with Crippen LogP contribution < -0.4 is 24.8 Å². The van der Waals surface area contributed by atoms with Gasteiger partial charge in [0.05, 0.1) is 51.7 Å². The Balaban J connectivity index is 0.00000261. The monoisotopic (exact) mass is 491 g/mol. The first kappa shape index (κ1) is 21.9. The van der Waals surface area contributed by atoms with E-state index in [1.807, 2.05) is 12.1 Å². The molecular formula is C19H30IN3O4. The number of aliphatic imine (C=N–C) groups is 1. The SMILES string of the molecule is CCNC(=NCc1c(OC)cc(OC)cc1OC)NC1CC2CCC1O2.I. The van der Waals surface area contributed by atoms with Crippen molar-refractivity contribution in [2.45, 2.75) is 51.0 Å². The number of hydrogen-bond donors (Lipinski definition) is 2. The Morgan fingerprint density at radius 1 is 1.15 bits per heavy atom. The second-order valence-corrected chi connectivity index (χ2v) is 6.57. The first-order valence-electron chi connectivity index (χ1n) is 9.17. The van der Waals surface area contributed by atoms with E-state index >= 15 is 0 Å². The predicted octanol–water partition coefficient (Wildman–Crippen LogP) is 2.71. The lowest BCUT2D eigenvalue weighted by Crippen LogP contribution is -2.47. The molecule has 7 nitrogen and oxygen atoms in total. The fourth-order valence-electron chi connectivity index (χ4n) is 3.68. The van der Waals surface area contributed by atoms with E-state index in [0.29, 0.717) is 42.0 Å². The largest absolute Gasteiger partial charge is 0.496 e. The van der Waals surface area contributed by atoms with Crippen LogP contribution in [0.2, 0.25) is 0 Å². The lowest BCUT2D eigenvalue weighted by molar-refractivity contribution is 0.0992. The zero-order valence-electron chi connectivity index (χ0n) is 16.4. The fraction of sp³-hybridized carbons (Fsp3) is 0.632. The minimum absolute atomic E-state index is 0. The van der Waals surface area contributed by atoms with Crippen molar-refractivity contribution in [2.75, 3.05) is 27.9 Å². The van der Waals surface area contributed by atoms with Crippen LogP contribution in [-0.4, -0.2) is 52.1 Å². The summed E-state index contributed by atoms with van der Waals surface area (Å²) < 4.78 is 22.2. The molecule has 3 atom stereocenters. The van der Waals surface area contributed by atoms with Crippen LogP contribution in [0.4, 0.5) is 0 Å². The van der Waals surface area contributed by atoms with Gasteiger partial charge in [-0.05, 0) is 26.2 Å². The maximum absolute atomic E-state index is 5.93. The van der Waals surface area contributed by atoms with Crippen LogP contribution >= 0.6 is 24.0 Å². The highest BCUT2D eigenvalue weighted by atomic mass is 127. The second kappa shape index (κ2) is 10.2. The molecule has 0 saturated carbocycles. The number of fused-ring (bicyclic) bond motifs is 2. The third kappa shape index (κ3) is 5.10. The van der Waals surface area contributed by atoms with Crippen molar-refractivity contribution in [3.8, 4) is 17.2 Å². The molecule has 2 bridgehead atoms. The molecule has 1 aromatic rings. The first-order chi connectivity index (χ1) is 12.7. The van der Waals surface area contributed by atoms with Crippen molar-refractivity contribution in [3.63, 3.8) is 0 Å². The second-order valence-electron chi connectivity index (χ2n) is 6.57. The molecule has 1 aromatic carbocycles. The maximum Gasteiger partial charge on any atom is 0.191 e. The van der Waals surface area contributed by atoms with Crippen molar-refractivity contribution < 1.29 is 18.9 Å². The van der Waals surface area contributed by atoms with Gasteiger partial charge in [-0.1, -0.05) is 0 Å². The van der Waals surface area contributed by atoms with E-state index in [-0.39, 0.29) is 24.0 Å². The van der Waals surface area contributed by atoms with E-state index in [1.165, 1.54) is 6.42 Å². The smallest absolute Gasteiger partial charge is 0.191 e. The molecule has 3 rings (SSSR count). The van der Waals surface area contributed by atoms with E-state index in [0.717, 1.165) is 30.9 Å². The zero-order valence-corrected chi connectivity index (χ0v) is 18.7. The van der Waals surface area contributed by atoms with E-state index in [4.69, 9.17) is 23.9 Å². The Kier molecular flexibility index (Phi) is 8.28. The van der Waals surface area contributed by atoms with Crippen LogP contribution in [0, 0.1) is 0 Å². The number of halogens is 1. The summed E-state index contributed by atoms with van der Waals surface area (Å²) in [5.41, 5.74) is 0.886. The highest BCUT2D eigenvalue weighted by Crippen LogP contribution is 2.35. The van der Waals surface area contributed by atoms with Gasteiger partial charge in [0.25, 0.3) is 0 Å². The summed E-state index contributed by atoms with van der Waals surface area (Å²) in [6.07, 6.45) is 4.05. The van der Waals surface area contributed by atoms with Crippen molar-refractivity contribution in [1.82, 2.24) is 10.6 Å². The minimum Gasteiger partial charge on any atom is -0.496 e. The van der Waals surface area contributed by atoms with Crippen molar-refractivity contribution >= 4 is 29.9 Å². The average molecular weight is 491 g/mol. The molecule has 3 unspecified atom stereocenters. The van der Waals surface area contributed by atoms with Crippen molar-refractivity contribution in [2.24, 2.45) is 4.99 Å². The number of rotatable bonds is 7. The van der Waals surface area contributed by atoms with Gasteiger partial charge >= 0.3 is 0 Å². The quantitative estimate of drug-likeness (QED) is 0.347. The standard InChI is InChI=1S/C19H29N3O4.HI/c1-5-20-19(22-15-8-12-6-7-16(15)26-12)21-11-14-17(24-3)9-13(23-2)10-18(14)25-4;/h9-10,12,15-16H,5-8,11H2,1-4H3,(H2,20,21,22);1H. The number of nitrogens with zero attached hydrogens (tertiary/aromatic N) is 1. The van der Waals surface area contributed by atoms with Gasteiger partial charge < -0.3 is 29.6 Å². The number of hydrogen-bond acceptors (Lipinski definition) is 5. The Labute approximate surface area is 178 Å². The summed E-state index contributed by atoms with van der Waals surface area (Å²) in [5, 5.41) is 6.84. The molecule has 2 heterocycles. The van der Waals surface area contributed by atoms with Gasteiger partial charge in [0, 0.05) is 18.7 Å². The van der Waals surface area contributed by atoms with Crippen LogP contribution in [0.15, 0.2) is 17.1 Å². The van der Waals surface area contributed by atoms with Crippen LogP contribution in [0.5, 0.6) is 17.2 Å². The molecule has 8 heteroatoms. The van der Waals surface area contributed by atoms with E-state index in [1.54, 1.807) is 21.3 Å². The third-order valence-electron chi connectivity index (χ3n) is 4.98. The Bertz CT molecular complexity index is 631. The maximum atomic E-state index is 5.93. The first-order valence-corrected chi connectivity index (χ1v) is 9.17. The van der Waals surface area contributed by atoms with Crippen molar-refractivity contribution in [3.05, 3.63) is 17.7 Å². The molecule has 0 radical (unpaired) electrons. The van der Waals surface area contributed by atoms with E-state index in [9.17, 15) is 0 Å². The van der Waals surface area contributed by atoms with Gasteiger partial charge in [-0.2, -0.15) is 0 Å². The van der Waals surface area contributed by atoms with Gasteiger partial charge in [-0.15, -0.1) is 24.0 Å². The highest BCUT2D eigenvalue weighted by Gasteiger charge is 2.41. The predicted molar refractivity (Wildman–Crippen MR) is 116 cm³/mol. The summed E-state index contributed by atoms with van der Waals surface area (Å²) in [5.74, 6) is 2.87. The summed E-state index contributed by atoms with van der Waals surface area (Å²) in [4.78, 5) is 4.74. The summed E-state index contributed by atoms with van der Waals surface area (Å²) in [6.45, 7) is 3.29. The molecule has 0 aliphatic carbocycles. The van der Waals surface area contributed by atoms with Gasteiger partial charge in [-0.25, -0.2) is 4.99 Å². The molecule has 2 saturated heterocycles. The molecule has 152 valence electrons. The van der Waals surface area contributed by atoms with Gasteiger partial charge in [0.2, 0.25) is 0 Å². The number of benzene rings is 1. The van der Waals surface area contributed by atoms with Gasteiger partial charge in [0.15, 0.2) is 5.96 Å². The number of methoxy groups -OCH3 is 3. The lowest BCUT2D eigenvalue weighted by Gasteiger charge is -2.23. The number of guanidine groups is 1. The van der Waals surface area contributed by atoms with Crippen LogP contribution in [0.25, 0.3) is 0 Å². The van der Waals surface area contributed by atoms with Crippen LogP contribution in [-0.2, 0) is 11.3 Å².